The number of benzene rings is 2. The minimum absolute atomic E-state index is 0.0861. The van der Waals surface area contributed by atoms with Gasteiger partial charge in [-0.05, 0) is 24.3 Å². The van der Waals surface area contributed by atoms with Gasteiger partial charge in [-0.15, -0.1) is 10.2 Å². The molecule has 1 aromatic heterocycles. The van der Waals surface area contributed by atoms with Crippen LogP contribution < -0.4 is 5.32 Å². The van der Waals surface area contributed by atoms with E-state index in [1.807, 2.05) is 18.2 Å². The minimum Gasteiger partial charge on any atom is -0.323 e. The number of nitrogens with zero attached hydrogens (tertiary/aromatic N) is 3. The van der Waals surface area contributed by atoms with Crippen LogP contribution in [0.15, 0.2) is 53.7 Å². The van der Waals surface area contributed by atoms with Crippen molar-refractivity contribution in [1.82, 2.24) is 14.8 Å². The van der Waals surface area contributed by atoms with Crippen LogP contribution in [-0.2, 0) is 11.8 Å². The van der Waals surface area contributed by atoms with Crippen molar-refractivity contribution in [2.75, 3.05) is 11.1 Å². The summed E-state index contributed by atoms with van der Waals surface area (Å²) in [5.74, 6) is -0.0939. The highest BCUT2D eigenvalue weighted by atomic mass is 35.5. The second kappa shape index (κ2) is 7.67. The molecule has 0 unspecified atom stereocenters. The van der Waals surface area contributed by atoms with Gasteiger partial charge in [0.05, 0.1) is 16.5 Å². The summed E-state index contributed by atoms with van der Waals surface area (Å²) in [6.45, 7) is 0. The molecule has 1 amide bonds. The summed E-state index contributed by atoms with van der Waals surface area (Å²) in [4.78, 5) is 12.0. The minimum atomic E-state index is -0.472. The zero-order chi connectivity index (χ0) is 17.8. The van der Waals surface area contributed by atoms with E-state index in [1.54, 1.807) is 29.8 Å². The number of nitrogens with one attached hydrogen (secondary N) is 1. The Morgan fingerprint density at radius 1 is 1.20 bits per heavy atom. The molecule has 0 radical (unpaired) electrons. The van der Waals surface area contributed by atoms with Crippen LogP contribution in [0.2, 0.25) is 5.02 Å². The highest BCUT2D eigenvalue weighted by molar-refractivity contribution is 7.99. The molecule has 0 bridgehead atoms. The van der Waals surface area contributed by atoms with Gasteiger partial charge in [-0.1, -0.05) is 47.6 Å². The Kier molecular flexibility index (Phi) is 5.35. The first-order valence-electron chi connectivity index (χ1n) is 7.37. The Morgan fingerprint density at radius 3 is 2.68 bits per heavy atom. The molecule has 2 aromatic carbocycles. The Morgan fingerprint density at radius 2 is 1.92 bits per heavy atom. The Labute approximate surface area is 153 Å². The first kappa shape index (κ1) is 17.4. The summed E-state index contributed by atoms with van der Waals surface area (Å²) in [6, 6.07) is 13.4. The first-order valence-corrected chi connectivity index (χ1v) is 8.74. The number of hydrogen-bond donors (Lipinski definition) is 1. The SMILES string of the molecule is Cn1c(SCC(=O)Nc2ccccc2F)nnc1-c1ccccc1Cl. The molecule has 0 fully saturated rings. The monoisotopic (exact) mass is 376 g/mol. The average molecular weight is 377 g/mol. The van der Waals surface area contributed by atoms with Crippen molar-refractivity contribution in [3.63, 3.8) is 0 Å². The van der Waals surface area contributed by atoms with Crippen molar-refractivity contribution >= 4 is 35.0 Å². The largest absolute Gasteiger partial charge is 0.323 e. The summed E-state index contributed by atoms with van der Waals surface area (Å²) in [5.41, 5.74) is 0.921. The van der Waals surface area contributed by atoms with Gasteiger partial charge in [0.1, 0.15) is 5.82 Å². The smallest absolute Gasteiger partial charge is 0.234 e. The Hall–Kier alpha value is -2.38. The number of rotatable bonds is 5. The van der Waals surface area contributed by atoms with Crippen LogP contribution in [0.25, 0.3) is 11.4 Å². The lowest BCUT2D eigenvalue weighted by molar-refractivity contribution is -0.113. The van der Waals surface area contributed by atoms with Crippen LogP contribution in [0.1, 0.15) is 0 Å². The van der Waals surface area contributed by atoms with Crippen molar-refractivity contribution < 1.29 is 9.18 Å². The molecule has 0 aliphatic rings. The third-order valence-corrected chi connectivity index (χ3v) is 4.78. The number of halogens is 2. The molecule has 1 N–H and O–H groups in total. The van der Waals surface area contributed by atoms with Gasteiger partial charge in [-0.25, -0.2) is 4.39 Å². The normalized spacial score (nSPS) is 10.7. The maximum absolute atomic E-state index is 13.5. The fraction of sp³-hybridized carbons (Fsp3) is 0.118. The molecule has 3 rings (SSSR count). The number of anilines is 1. The van der Waals surface area contributed by atoms with E-state index in [-0.39, 0.29) is 17.3 Å². The molecule has 0 atom stereocenters. The van der Waals surface area contributed by atoms with Crippen LogP contribution >= 0.6 is 23.4 Å². The number of hydrogen-bond acceptors (Lipinski definition) is 4. The summed E-state index contributed by atoms with van der Waals surface area (Å²) >= 11 is 7.40. The number of amides is 1. The number of carbonyl (C=O) groups is 1. The molecule has 128 valence electrons. The van der Waals surface area contributed by atoms with E-state index in [1.165, 1.54) is 23.9 Å². The molecule has 3 aromatic rings. The molecular formula is C17H14ClFN4OS. The van der Waals surface area contributed by atoms with Crippen molar-refractivity contribution in [2.24, 2.45) is 7.05 Å². The third kappa shape index (κ3) is 4.00. The first-order chi connectivity index (χ1) is 12.1. The lowest BCUT2D eigenvalue weighted by Gasteiger charge is -2.07. The summed E-state index contributed by atoms with van der Waals surface area (Å²) in [7, 11) is 1.80. The Bertz CT molecular complexity index is 915. The molecule has 0 aliphatic carbocycles. The molecule has 0 saturated carbocycles. The molecule has 1 heterocycles. The number of carbonyl (C=O) groups excluding carboxylic acids is 1. The van der Waals surface area contributed by atoms with E-state index in [9.17, 15) is 9.18 Å². The van der Waals surface area contributed by atoms with Crippen LogP contribution in [0.3, 0.4) is 0 Å². The standard InChI is InChI=1S/C17H14ClFN4OS/c1-23-16(11-6-2-3-7-12(11)18)21-22-17(23)25-10-15(24)20-14-9-5-4-8-13(14)19/h2-9H,10H2,1H3,(H,20,24). The van der Waals surface area contributed by atoms with Crippen molar-refractivity contribution in [3.8, 4) is 11.4 Å². The third-order valence-electron chi connectivity index (χ3n) is 3.43. The quantitative estimate of drug-likeness (QED) is 0.683. The zero-order valence-corrected chi connectivity index (χ0v) is 14.8. The van der Waals surface area contributed by atoms with E-state index >= 15 is 0 Å². The topological polar surface area (TPSA) is 59.8 Å². The zero-order valence-electron chi connectivity index (χ0n) is 13.2. The van der Waals surface area contributed by atoms with E-state index in [0.29, 0.717) is 16.0 Å². The lowest BCUT2D eigenvalue weighted by atomic mass is 10.2. The highest BCUT2D eigenvalue weighted by Gasteiger charge is 2.15. The van der Waals surface area contributed by atoms with Crippen molar-refractivity contribution in [1.29, 1.82) is 0 Å². The van der Waals surface area contributed by atoms with Gasteiger partial charge >= 0.3 is 0 Å². The van der Waals surface area contributed by atoms with Crippen LogP contribution in [0.4, 0.5) is 10.1 Å². The lowest BCUT2D eigenvalue weighted by Crippen LogP contribution is -2.15. The van der Waals surface area contributed by atoms with Crippen LogP contribution in [0.5, 0.6) is 0 Å². The number of para-hydroxylation sites is 1. The summed E-state index contributed by atoms with van der Waals surface area (Å²) < 4.78 is 15.3. The fourth-order valence-electron chi connectivity index (χ4n) is 2.20. The Balaban J connectivity index is 1.67. The van der Waals surface area contributed by atoms with Gasteiger partial charge in [0, 0.05) is 12.6 Å². The second-order valence-corrected chi connectivity index (χ2v) is 6.51. The van der Waals surface area contributed by atoms with Gasteiger partial charge in [-0.3, -0.25) is 4.79 Å². The maximum atomic E-state index is 13.5. The molecule has 0 saturated heterocycles. The number of aromatic nitrogens is 3. The van der Waals surface area contributed by atoms with Crippen LogP contribution in [-0.4, -0.2) is 26.4 Å². The van der Waals surface area contributed by atoms with Gasteiger partial charge in [0.15, 0.2) is 11.0 Å². The van der Waals surface area contributed by atoms with Gasteiger partial charge in [0.25, 0.3) is 0 Å². The van der Waals surface area contributed by atoms with Gasteiger partial charge in [-0.2, -0.15) is 0 Å². The van der Waals surface area contributed by atoms with E-state index in [0.717, 1.165) is 5.56 Å². The summed E-state index contributed by atoms with van der Waals surface area (Å²) in [6.07, 6.45) is 0. The van der Waals surface area contributed by atoms with E-state index in [2.05, 4.69) is 15.5 Å². The predicted molar refractivity (Wildman–Crippen MR) is 97.2 cm³/mol. The van der Waals surface area contributed by atoms with E-state index < -0.39 is 5.82 Å². The predicted octanol–water partition coefficient (Wildman–Crippen LogP) is 4.01. The average Bonchev–Trinajstić information content (AvgIpc) is 2.96. The number of thioether (sulfide) groups is 1. The molecule has 25 heavy (non-hydrogen) atoms. The molecule has 0 aliphatic heterocycles. The van der Waals surface area contributed by atoms with Crippen molar-refractivity contribution in [3.05, 3.63) is 59.4 Å². The summed E-state index contributed by atoms with van der Waals surface area (Å²) in [5, 5.41) is 11.9. The maximum Gasteiger partial charge on any atom is 0.234 e. The molecule has 5 nitrogen and oxygen atoms in total. The van der Waals surface area contributed by atoms with E-state index in [4.69, 9.17) is 11.6 Å². The highest BCUT2D eigenvalue weighted by Crippen LogP contribution is 2.28. The molecule has 0 spiro atoms. The molecular weight excluding hydrogens is 363 g/mol. The molecule has 8 heteroatoms. The van der Waals surface area contributed by atoms with Gasteiger partial charge < -0.3 is 9.88 Å². The fourth-order valence-corrected chi connectivity index (χ4v) is 3.13. The second-order valence-electron chi connectivity index (χ2n) is 5.16. The van der Waals surface area contributed by atoms with Gasteiger partial charge in [0.2, 0.25) is 5.91 Å². The van der Waals surface area contributed by atoms with Crippen LogP contribution in [0, 0.1) is 5.82 Å². The van der Waals surface area contributed by atoms with Crippen molar-refractivity contribution in [2.45, 2.75) is 5.16 Å².